The molecule has 0 saturated carbocycles. The van der Waals surface area contributed by atoms with Gasteiger partial charge in [0.15, 0.2) is 0 Å². The molecule has 106 valence electrons. The lowest BCUT2D eigenvalue weighted by Gasteiger charge is -2.07. The molecule has 9 heteroatoms. The Morgan fingerprint density at radius 2 is 2.10 bits per heavy atom. The molecule has 0 aliphatic carbocycles. The largest absolute Gasteiger partial charge is 0.321 e. The molecule has 1 aromatic carbocycles. The number of primary sulfonamides is 1. The standard InChI is InChI=1S/C11H11FN4O3S/c1-16-9(4-5-14-16)11(17)15-7-2-3-10(8(12)6-7)20(13,18)19/h2-6H,1H3,(H,15,17)(H2,13,18,19). The summed E-state index contributed by atoms with van der Waals surface area (Å²) >= 11 is 0. The zero-order chi connectivity index (χ0) is 14.9. The topological polar surface area (TPSA) is 107 Å². The van der Waals surface area contributed by atoms with Crippen molar-refractivity contribution < 1.29 is 17.6 Å². The van der Waals surface area contributed by atoms with E-state index in [2.05, 4.69) is 10.4 Å². The molecular formula is C11H11FN4O3S. The maximum Gasteiger partial charge on any atom is 0.273 e. The predicted molar refractivity (Wildman–Crippen MR) is 68.9 cm³/mol. The van der Waals surface area contributed by atoms with E-state index < -0.39 is 26.6 Å². The van der Waals surface area contributed by atoms with Gasteiger partial charge in [0.05, 0.1) is 0 Å². The number of halogens is 1. The average Bonchev–Trinajstić information content (AvgIpc) is 2.73. The second-order valence-electron chi connectivity index (χ2n) is 3.98. The fourth-order valence-electron chi connectivity index (χ4n) is 1.60. The lowest BCUT2D eigenvalue weighted by atomic mass is 10.3. The van der Waals surface area contributed by atoms with Crippen LogP contribution in [0, 0.1) is 5.82 Å². The summed E-state index contributed by atoms with van der Waals surface area (Å²) in [5.74, 6) is -1.52. The van der Waals surface area contributed by atoms with E-state index in [1.807, 2.05) is 0 Å². The van der Waals surface area contributed by atoms with Crippen molar-refractivity contribution in [1.29, 1.82) is 0 Å². The van der Waals surface area contributed by atoms with Crippen LogP contribution in [-0.4, -0.2) is 24.1 Å². The van der Waals surface area contributed by atoms with E-state index in [-0.39, 0.29) is 11.4 Å². The zero-order valence-corrected chi connectivity index (χ0v) is 11.2. The number of nitrogens with two attached hydrogens (primary N) is 1. The fourth-order valence-corrected chi connectivity index (χ4v) is 2.19. The monoisotopic (exact) mass is 298 g/mol. The highest BCUT2D eigenvalue weighted by Crippen LogP contribution is 2.18. The molecule has 2 aromatic rings. The van der Waals surface area contributed by atoms with Gasteiger partial charge in [0.2, 0.25) is 10.0 Å². The quantitative estimate of drug-likeness (QED) is 0.858. The van der Waals surface area contributed by atoms with Gasteiger partial charge >= 0.3 is 0 Å². The van der Waals surface area contributed by atoms with Crippen LogP contribution in [0.2, 0.25) is 0 Å². The molecule has 0 aliphatic rings. The summed E-state index contributed by atoms with van der Waals surface area (Å²) in [7, 11) is -2.55. The first-order chi connectivity index (χ1) is 9.29. The molecule has 0 saturated heterocycles. The number of anilines is 1. The van der Waals surface area contributed by atoms with Crippen LogP contribution in [0.15, 0.2) is 35.4 Å². The minimum Gasteiger partial charge on any atom is -0.321 e. The fraction of sp³-hybridized carbons (Fsp3) is 0.0909. The smallest absolute Gasteiger partial charge is 0.273 e. The van der Waals surface area contributed by atoms with E-state index in [9.17, 15) is 17.6 Å². The minimum atomic E-state index is -4.13. The highest BCUT2D eigenvalue weighted by Gasteiger charge is 2.16. The van der Waals surface area contributed by atoms with Gasteiger partial charge in [-0.2, -0.15) is 5.10 Å². The minimum absolute atomic E-state index is 0.112. The molecule has 1 aromatic heterocycles. The summed E-state index contributed by atoms with van der Waals surface area (Å²) in [6.45, 7) is 0. The molecule has 0 aliphatic heterocycles. The molecule has 20 heavy (non-hydrogen) atoms. The highest BCUT2D eigenvalue weighted by molar-refractivity contribution is 7.89. The molecule has 0 radical (unpaired) electrons. The molecule has 0 bridgehead atoms. The molecule has 0 fully saturated rings. The van der Waals surface area contributed by atoms with E-state index in [0.29, 0.717) is 0 Å². The van der Waals surface area contributed by atoms with Gasteiger partial charge in [-0.05, 0) is 24.3 Å². The van der Waals surface area contributed by atoms with Gasteiger partial charge in [-0.3, -0.25) is 9.48 Å². The van der Waals surface area contributed by atoms with Crippen LogP contribution >= 0.6 is 0 Å². The lowest BCUT2D eigenvalue weighted by Crippen LogP contribution is -2.17. The molecule has 2 rings (SSSR count). The first-order valence-electron chi connectivity index (χ1n) is 5.41. The molecule has 1 amide bonds. The van der Waals surface area contributed by atoms with Crippen molar-refractivity contribution in [2.45, 2.75) is 4.90 Å². The summed E-state index contributed by atoms with van der Waals surface area (Å²) in [6, 6.07) is 4.61. The van der Waals surface area contributed by atoms with Crippen LogP contribution < -0.4 is 10.5 Å². The second kappa shape index (κ2) is 5.02. The number of hydrogen-bond acceptors (Lipinski definition) is 4. The zero-order valence-electron chi connectivity index (χ0n) is 10.4. The van der Waals surface area contributed by atoms with Crippen LogP contribution in [0.3, 0.4) is 0 Å². The third-order valence-electron chi connectivity index (χ3n) is 2.55. The van der Waals surface area contributed by atoms with Gasteiger partial charge in [-0.15, -0.1) is 0 Å². The van der Waals surface area contributed by atoms with Crippen molar-refractivity contribution in [3.63, 3.8) is 0 Å². The Morgan fingerprint density at radius 1 is 1.40 bits per heavy atom. The number of sulfonamides is 1. The van der Waals surface area contributed by atoms with Gasteiger partial charge in [-0.1, -0.05) is 0 Å². The molecular weight excluding hydrogens is 287 g/mol. The first kappa shape index (κ1) is 14.2. The van der Waals surface area contributed by atoms with E-state index in [1.54, 1.807) is 7.05 Å². The van der Waals surface area contributed by atoms with Gasteiger partial charge in [0.1, 0.15) is 16.4 Å². The van der Waals surface area contributed by atoms with Gasteiger partial charge in [0.25, 0.3) is 5.91 Å². The maximum atomic E-state index is 13.6. The number of aryl methyl sites for hydroxylation is 1. The summed E-state index contributed by atoms with van der Waals surface area (Å²) in [5, 5.41) is 11.1. The van der Waals surface area contributed by atoms with Crippen LogP contribution in [0.5, 0.6) is 0 Å². The second-order valence-corrected chi connectivity index (χ2v) is 5.51. The normalized spacial score (nSPS) is 11.3. The van der Waals surface area contributed by atoms with Crippen molar-refractivity contribution in [3.8, 4) is 0 Å². The Hall–Kier alpha value is -2.26. The number of carbonyl (C=O) groups excluding carboxylic acids is 1. The van der Waals surface area contributed by atoms with Crippen molar-refractivity contribution in [1.82, 2.24) is 9.78 Å². The lowest BCUT2D eigenvalue weighted by molar-refractivity contribution is 0.101. The molecule has 7 nitrogen and oxygen atoms in total. The number of nitrogens with one attached hydrogen (secondary N) is 1. The number of benzene rings is 1. The molecule has 1 heterocycles. The van der Waals surface area contributed by atoms with Gasteiger partial charge in [0, 0.05) is 18.9 Å². The number of nitrogens with zero attached hydrogens (tertiary/aromatic N) is 2. The summed E-state index contributed by atoms with van der Waals surface area (Å²) < 4.78 is 37.1. The number of aromatic nitrogens is 2. The van der Waals surface area contributed by atoms with Crippen LogP contribution in [0.4, 0.5) is 10.1 Å². The number of hydrogen-bond donors (Lipinski definition) is 2. The van der Waals surface area contributed by atoms with E-state index in [0.717, 1.165) is 12.1 Å². The molecule has 0 spiro atoms. The van der Waals surface area contributed by atoms with Crippen molar-refractivity contribution in [2.75, 3.05) is 5.32 Å². The summed E-state index contributed by atoms with van der Waals surface area (Å²) in [6.07, 6.45) is 1.44. The van der Waals surface area contributed by atoms with E-state index in [1.165, 1.54) is 23.0 Å². The number of amides is 1. The number of carbonyl (C=O) groups is 1. The first-order valence-corrected chi connectivity index (χ1v) is 6.95. The van der Waals surface area contributed by atoms with Crippen LogP contribution in [0.25, 0.3) is 0 Å². The third-order valence-corrected chi connectivity index (χ3v) is 3.49. The van der Waals surface area contributed by atoms with E-state index in [4.69, 9.17) is 5.14 Å². The summed E-state index contributed by atoms with van der Waals surface area (Å²) in [4.78, 5) is 11.2. The van der Waals surface area contributed by atoms with Crippen molar-refractivity contribution in [3.05, 3.63) is 42.0 Å². The van der Waals surface area contributed by atoms with Gasteiger partial charge in [-0.25, -0.2) is 17.9 Å². The Bertz CT molecular complexity index is 770. The molecule has 3 N–H and O–H groups in total. The molecule has 0 atom stereocenters. The molecule has 0 unspecified atom stereocenters. The third kappa shape index (κ3) is 2.83. The Labute approximate surface area is 114 Å². The van der Waals surface area contributed by atoms with Crippen LogP contribution in [-0.2, 0) is 17.1 Å². The maximum absolute atomic E-state index is 13.6. The van der Waals surface area contributed by atoms with Crippen molar-refractivity contribution >= 4 is 21.6 Å². The van der Waals surface area contributed by atoms with Crippen molar-refractivity contribution in [2.24, 2.45) is 12.2 Å². The van der Waals surface area contributed by atoms with E-state index >= 15 is 0 Å². The van der Waals surface area contributed by atoms with Gasteiger partial charge < -0.3 is 5.32 Å². The highest BCUT2D eigenvalue weighted by atomic mass is 32.2. The average molecular weight is 298 g/mol. The summed E-state index contributed by atoms with van der Waals surface area (Å²) in [5.41, 5.74) is 0.391. The SMILES string of the molecule is Cn1nccc1C(=O)Nc1ccc(S(N)(=O)=O)c(F)c1. The Morgan fingerprint density at radius 3 is 2.60 bits per heavy atom. The predicted octanol–water partition coefficient (Wildman–Crippen LogP) is 0.459. The van der Waals surface area contributed by atoms with Crippen LogP contribution in [0.1, 0.15) is 10.5 Å². The Kier molecular flexibility index (Phi) is 3.55. The Balaban J connectivity index is 2.26. The number of rotatable bonds is 3.